The fourth-order valence-electron chi connectivity index (χ4n) is 1.76. The molecule has 2 rings (SSSR count). The molecule has 25 heavy (non-hydrogen) atoms. The first-order chi connectivity index (χ1) is 11.8. The third-order valence-electron chi connectivity index (χ3n) is 2.95. The molecule has 0 aliphatic carbocycles. The van der Waals surface area contributed by atoms with Crippen LogP contribution in [0.15, 0.2) is 35.4 Å². The SMILES string of the molecule is COC(=O)Nc1cnn(CC(=O)NS(=O)(=O)c2ccc(CN)cc2)n1. The van der Waals surface area contributed by atoms with Gasteiger partial charge >= 0.3 is 6.09 Å². The van der Waals surface area contributed by atoms with Crippen molar-refractivity contribution in [2.45, 2.75) is 18.0 Å². The number of benzene rings is 1. The summed E-state index contributed by atoms with van der Waals surface area (Å²) in [4.78, 5) is 23.8. The number of rotatable bonds is 6. The summed E-state index contributed by atoms with van der Waals surface area (Å²) in [7, 11) is -2.84. The van der Waals surface area contributed by atoms with Crippen molar-refractivity contribution in [2.24, 2.45) is 5.73 Å². The highest BCUT2D eigenvalue weighted by Gasteiger charge is 2.18. The molecular weight excluding hydrogens is 352 g/mol. The molecule has 12 heteroatoms. The van der Waals surface area contributed by atoms with Crippen LogP contribution in [0.25, 0.3) is 0 Å². The van der Waals surface area contributed by atoms with Gasteiger partial charge in [0.15, 0.2) is 5.82 Å². The van der Waals surface area contributed by atoms with Crippen molar-refractivity contribution in [3.05, 3.63) is 36.0 Å². The van der Waals surface area contributed by atoms with E-state index in [-0.39, 0.29) is 17.3 Å². The highest BCUT2D eigenvalue weighted by atomic mass is 32.2. The molecule has 1 aromatic carbocycles. The summed E-state index contributed by atoms with van der Waals surface area (Å²) in [5, 5.41) is 9.78. The van der Waals surface area contributed by atoms with Gasteiger partial charge in [-0.05, 0) is 17.7 Å². The first kappa shape index (κ1) is 18.4. The maximum Gasteiger partial charge on any atom is 0.412 e. The molecule has 1 heterocycles. The Morgan fingerprint density at radius 3 is 2.56 bits per heavy atom. The molecule has 4 N–H and O–H groups in total. The van der Waals surface area contributed by atoms with Crippen molar-refractivity contribution in [2.75, 3.05) is 12.4 Å². The summed E-state index contributed by atoms with van der Waals surface area (Å²) in [5.41, 5.74) is 6.21. The summed E-state index contributed by atoms with van der Waals surface area (Å²) < 4.78 is 30.6. The van der Waals surface area contributed by atoms with Crippen LogP contribution in [0, 0.1) is 0 Å². The summed E-state index contributed by atoms with van der Waals surface area (Å²) in [6, 6.07) is 5.81. The highest BCUT2D eigenvalue weighted by Crippen LogP contribution is 2.10. The van der Waals surface area contributed by atoms with E-state index in [1.165, 1.54) is 25.4 Å². The maximum atomic E-state index is 12.1. The van der Waals surface area contributed by atoms with Gasteiger partial charge in [0.2, 0.25) is 0 Å². The smallest absolute Gasteiger partial charge is 0.412 e. The van der Waals surface area contributed by atoms with E-state index < -0.39 is 28.6 Å². The molecule has 11 nitrogen and oxygen atoms in total. The number of amides is 2. The Hall–Kier alpha value is -2.99. The predicted octanol–water partition coefficient (Wildman–Crippen LogP) is -0.580. The van der Waals surface area contributed by atoms with Crippen LogP contribution in [0.4, 0.5) is 10.6 Å². The van der Waals surface area contributed by atoms with Crippen molar-refractivity contribution >= 4 is 27.8 Å². The lowest BCUT2D eigenvalue weighted by molar-refractivity contribution is -0.120. The van der Waals surface area contributed by atoms with Crippen molar-refractivity contribution in [1.82, 2.24) is 19.7 Å². The number of nitrogens with one attached hydrogen (secondary N) is 2. The molecule has 0 fully saturated rings. The van der Waals surface area contributed by atoms with Gasteiger partial charge in [0.1, 0.15) is 6.54 Å². The van der Waals surface area contributed by atoms with Gasteiger partial charge in [0.05, 0.1) is 18.2 Å². The number of hydrogen-bond acceptors (Lipinski definition) is 8. The molecule has 0 saturated heterocycles. The Balaban J connectivity index is 2.00. The number of sulfonamides is 1. The van der Waals surface area contributed by atoms with Crippen LogP contribution in [-0.2, 0) is 32.6 Å². The van der Waals surface area contributed by atoms with Crippen molar-refractivity contribution in [3.63, 3.8) is 0 Å². The first-order valence-electron chi connectivity index (χ1n) is 6.94. The highest BCUT2D eigenvalue weighted by molar-refractivity contribution is 7.90. The molecule has 0 radical (unpaired) electrons. The largest absolute Gasteiger partial charge is 0.453 e. The molecule has 134 valence electrons. The number of aromatic nitrogens is 3. The van der Waals surface area contributed by atoms with E-state index in [1.54, 1.807) is 12.1 Å². The summed E-state index contributed by atoms with van der Waals surface area (Å²) in [5.74, 6) is -0.789. The number of ether oxygens (including phenoxy) is 1. The predicted molar refractivity (Wildman–Crippen MR) is 85.7 cm³/mol. The zero-order chi connectivity index (χ0) is 18.4. The number of carbonyl (C=O) groups excluding carboxylic acids is 2. The zero-order valence-electron chi connectivity index (χ0n) is 13.2. The van der Waals surface area contributed by atoms with Crippen LogP contribution >= 0.6 is 0 Å². The second-order valence-corrected chi connectivity index (χ2v) is 6.44. The van der Waals surface area contributed by atoms with Crippen molar-refractivity contribution in [3.8, 4) is 0 Å². The topological polar surface area (TPSA) is 158 Å². The van der Waals surface area contributed by atoms with Gasteiger partial charge in [-0.15, -0.1) is 5.10 Å². The molecule has 0 atom stereocenters. The lowest BCUT2D eigenvalue weighted by Crippen LogP contribution is -2.34. The Labute approximate surface area is 143 Å². The van der Waals surface area contributed by atoms with E-state index in [9.17, 15) is 18.0 Å². The molecule has 2 aromatic rings. The molecule has 0 unspecified atom stereocenters. The molecule has 0 bridgehead atoms. The molecule has 0 saturated carbocycles. The fraction of sp³-hybridized carbons (Fsp3) is 0.231. The molecule has 0 aliphatic heterocycles. The van der Waals surface area contributed by atoms with Gasteiger partial charge < -0.3 is 10.5 Å². The van der Waals surface area contributed by atoms with Gasteiger partial charge in [0, 0.05) is 6.54 Å². The average molecular weight is 368 g/mol. The van der Waals surface area contributed by atoms with Gasteiger partial charge in [0.25, 0.3) is 15.9 Å². The Morgan fingerprint density at radius 1 is 1.28 bits per heavy atom. The van der Waals surface area contributed by atoms with Crippen LogP contribution in [0.5, 0.6) is 0 Å². The third-order valence-corrected chi connectivity index (χ3v) is 4.34. The van der Waals surface area contributed by atoms with Crippen molar-refractivity contribution < 1.29 is 22.7 Å². The quantitative estimate of drug-likeness (QED) is 0.611. The first-order valence-corrected chi connectivity index (χ1v) is 8.42. The lowest BCUT2D eigenvalue weighted by Gasteiger charge is -2.07. The van der Waals surface area contributed by atoms with Gasteiger partial charge in [-0.2, -0.15) is 9.90 Å². The zero-order valence-corrected chi connectivity index (χ0v) is 14.0. The van der Waals surface area contributed by atoms with E-state index in [4.69, 9.17) is 5.73 Å². The molecular formula is C13H16N6O5S. The molecule has 0 spiro atoms. The Bertz CT molecular complexity index is 861. The molecule has 2 amide bonds. The van der Waals surface area contributed by atoms with E-state index in [2.05, 4.69) is 20.3 Å². The van der Waals surface area contributed by atoms with Gasteiger partial charge in [-0.1, -0.05) is 12.1 Å². The summed E-state index contributed by atoms with van der Waals surface area (Å²) in [6.07, 6.45) is 0.435. The average Bonchev–Trinajstić information content (AvgIpc) is 3.00. The normalized spacial score (nSPS) is 11.0. The second kappa shape index (κ2) is 7.72. The van der Waals surface area contributed by atoms with Crippen LogP contribution in [0.3, 0.4) is 0 Å². The number of nitrogens with zero attached hydrogens (tertiary/aromatic N) is 3. The van der Waals surface area contributed by atoms with Gasteiger partial charge in [-0.25, -0.2) is 17.9 Å². The minimum atomic E-state index is -4.02. The van der Waals surface area contributed by atoms with E-state index in [1.807, 2.05) is 4.72 Å². The molecule has 0 aliphatic rings. The summed E-state index contributed by atoms with van der Waals surface area (Å²) in [6.45, 7) is -0.178. The Morgan fingerprint density at radius 2 is 1.96 bits per heavy atom. The monoisotopic (exact) mass is 368 g/mol. The number of hydrogen-bond donors (Lipinski definition) is 3. The number of anilines is 1. The maximum absolute atomic E-state index is 12.1. The minimum Gasteiger partial charge on any atom is -0.453 e. The molecule has 1 aromatic heterocycles. The number of carbonyl (C=O) groups is 2. The minimum absolute atomic E-state index is 0.0554. The number of methoxy groups -OCH3 is 1. The van der Waals surface area contributed by atoms with Crippen molar-refractivity contribution in [1.29, 1.82) is 0 Å². The lowest BCUT2D eigenvalue weighted by atomic mass is 10.2. The van der Waals surface area contributed by atoms with Crippen LogP contribution < -0.4 is 15.8 Å². The van der Waals surface area contributed by atoms with Crippen LogP contribution in [0.2, 0.25) is 0 Å². The Kier molecular flexibility index (Phi) is 5.67. The summed E-state index contributed by atoms with van der Waals surface area (Å²) >= 11 is 0. The van der Waals surface area contributed by atoms with Crippen LogP contribution in [-0.4, -0.2) is 42.5 Å². The van der Waals surface area contributed by atoms with Gasteiger partial charge in [-0.3, -0.25) is 10.1 Å². The number of nitrogens with two attached hydrogens (primary N) is 1. The van der Waals surface area contributed by atoms with E-state index >= 15 is 0 Å². The third kappa shape index (κ3) is 4.99. The fourth-order valence-corrected chi connectivity index (χ4v) is 2.74. The van der Waals surface area contributed by atoms with E-state index in [0.717, 1.165) is 10.4 Å². The van der Waals surface area contributed by atoms with E-state index in [0.29, 0.717) is 0 Å². The van der Waals surface area contributed by atoms with Crippen LogP contribution in [0.1, 0.15) is 5.56 Å². The second-order valence-electron chi connectivity index (χ2n) is 4.75. The standard InChI is InChI=1S/C13H16N6O5S/c1-24-13(21)16-11-7-15-19(17-11)8-12(20)18-25(22,23)10-4-2-9(6-14)3-5-10/h2-5,7H,6,8,14H2,1H3,(H,18,20)(H,16,17,21).